The van der Waals surface area contributed by atoms with E-state index in [0.29, 0.717) is 17.7 Å². The summed E-state index contributed by atoms with van der Waals surface area (Å²) >= 11 is 0. The standard InChI is InChI=1S/C13H17NO4/c1-9(14-18-3)12(13(16)17-2)8-10-4-6-11(15)7-5-10/h4-7,14-15H,8H2,1-3H3. The Balaban J connectivity index is 2.95. The molecule has 0 aliphatic heterocycles. The summed E-state index contributed by atoms with van der Waals surface area (Å²) in [7, 11) is 2.80. The Bertz CT molecular complexity index is 437. The quantitative estimate of drug-likeness (QED) is 0.472. The molecule has 0 bridgehead atoms. The minimum absolute atomic E-state index is 0.189. The van der Waals surface area contributed by atoms with E-state index in [0.717, 1.165) is 5.56 Å². The van der Waals surface area contributed by atoms with Crippen LogP contribution in [0.2, 0.25) is 0 Å². The summed E-state index contributed by atoms with van der Waals surface area (Å²) in [6.45, 7) is 1.73. The van der Waals surface area contributed by atoms with Gasteiger partial charge in [0.15, 0.2) is 0 Å². The lowest BCUT2D eigenvalue weighted by Crippen LogP contribution is -2.18. The van der Waals surface area contributed by atoms with Crippen LogP contribution >= 0.6 is 0 Å². The number of carbonyl (C=O) groups is 1. The molecule has 0 heterocycles. The molecule has 0 aliphatic rings. The molecule has 0 saturated heterocycles. The SMILES string of the molecule is CONC(C)=C(Cc1ccc(O)cc1)C(=O)OC. The van der Waals surface area contributed by atoms with Gasteiger partial charge >= 0.3 is 5.97 Å². The van der Waals surface area contributed by atoms with Gasteiger partial charge in [0.1, 0.15) is 5.75 Å². The third-order valence-electron chi connectivity index (χ3n) is 2.46. The fourth-order valence-corrected chi connectivity index (χ4v) is 1.51. The minimum Gasteiger partial charge on any atom is -0.508 e. The van der Waals surface area contributed by atoms with Crippen LogP contribution in [-0.2, 0) is 20.8 Å². The van der Waals surface area contributed by atoms with Gasteiger partial charge < -0.3 is 9.84 Å². The van der Waals surface area contributed by atoms with Gasteiger partial charge in [-0.2, -0.15) is 0 Å². The van der Waals surface area contributed by atoms with Crippen LogP contribution in [0.4, 0.5) is 0 Å². The normalized spacial score (nSPS) is 11.7. The minimum atomic E-state index is -0.412. The first-order chi connectivity index (χ1) is 8.58. The van der Waals surface area contributed by atoms with Gasteiger partial charge in [0.2, 0.25) is 0 Å². The van der Waals surface area contributed by atoms with Crippen LogP contribution in [0.3, 0.4) is 0 Å². The third kappa shape index (κ3) is 3.78. The molecule has 2 N–H and O–H groups in total. The highest BCUT2D eigenvalue weighted by Crippen LogP contribution is 2.16. The Hall–Kier alpha value is -2.01. The molecule has 0 saturated carbocycles. The maximum Gasteiger partial charge on any atom is 0.335 e. The summed E-state index contributed by atoms with van der Waals surface area (Å²) in [6.07, 6.45) is 0.398. The second-order valence-electron chi connectivity index (χ2n) is 3.74. The average molecular weight is 251 g/mol. The molecule has 98 valence electrons. The number of ether oxygens (including phenoxy) is 1. The van der Waals surface area contributed by atoms with Gasteiger partial charge in [0.05, 0.1) is 19.8 Å². The van der Waals surface area contributed by atoms with Gasteiger partial charge in [-0.15, -0.1) is 0 Å². The fourth-order valence-electron chi connectivity index (χ4n) is 1.51. The Labute approximate surface area is 106 Å². The highest BCUT2D eigenvalue weighted by Gasteiger charge is 2.14. The highest BCUT2D eigenvalue weighted by atomic mass is 16.6. The van der Waals surface area contributed by atoms with Gasteiger partial charge in [0.25, 0.3) is 0 Å². The van der Waals surface area contributed by atoms with Gasteiger partial charge in [-0.3, -0.25) is 10.3 Å². The zero-order chi connectivity index (χ0) is 13.5. The van der Waals surface area contributed by atoms with Crippen molar-refractivity contribution >= 4 is 5.97 Å². The second kappa shape index (κ2) is 6.66. The largest absolute Gasteiger partial charge is 0.508 e. The maximum absolute atomic E-state index is 11.7. The molecule has 1 aromatic carbocycles. The van der Waals surface area contributed by atoms with Crippen molar-refractivity contribution in [1.82, 2.24) is 5.48 Å². The zero-order valence-electron chi connectivity index (χ0n) is 10.7. The van der Waals surface area contributed by atoms with Crippen molar-refractivity contribution in [2.45, 2.75) is 13.3 Å². The molecule has 0 fully saturated rings. The number of nitrogens with one attached hydrogen (secondary N) is 1. The van der Waals surface area contributed by atoms with Gasteiger partial charge in [0, 0.05) is 12.1 Å². The molecule has 5 heteroatoms. The topological polar surface area (TPSA) is 67.8 Å². The van der Waals surface area contributed by atoms with E-state index in [1.165, 1.54) is 14.2 Å². The Morgan fingerprint density at radius 1 is 1.28 bits per heavy atom. The van der Waals surface area contributed by atoms with Crippen molar-refractivity contribution in [2.75, 3.05) is 14.2 Å². The Morgan fingerprint density at radius 2 is 1.89 bits per heavy atom. The molecular weight excluding hydrogens is 234 g/mol. The smallest absolute Gasteiger partial charge is 0.335 e. The van der Waals surface area contributed by atoms with E-state index in [2.05, 4.69) is 5.48 Å². The van der Waals surface area contributed by atoms with Crippen LogP contribution < -0.4 is 5.48 Å². The molecule has 0 aromatic heterocycles. The summed E-state index contributed by atoms with van der Waals surface area (Å²) in [5, 5.41) is 9.20. The number of rotatable bonds is 5. The van der Waals surface area contributed by atoms with Crippen molar-refractivity contribution in [2.24, 2.45) is 0 Å². The van der Waals surface area contributed by atoms with Crippen LogP contribution in [0.15, 0.2) is 35.5 Å². The van der Waals surface area contributed by atoms with Crippen LogP contribution in [0, 0.1) is 0 Å². The monoisotopic (exact) mass is 251 g/mol. The Kier molecular flexibility index (Phi) is 5.20. The molecule has 0 unspecified atom stereocenters. The predicted molar refractivity (Wildman–Crippen MR) is 66.7 cm³/mol. The summed E-state index contributed by atoms with van der Waals surface area (Å²) in [4.78, 5) is 16.5. The lowest BCUT2D eigenvalue weighted by Gasteiger charge is -2.11. The van der Waals surface area contributed by atoms with E-state index in [1.807, 2.05) is 0 Å². The van der Waals surface area contributed by atoms with E-state index in [1.54, 1.807) is 31.2 Å². The molecule has 1 aromatic rings. The van der Waals surface area contributed by atoms with E-state index in [9.17, 15) is 9.90 Å². The number of benzene rings is 1. The highest BCUT2D eigenvalue weighted by molar-refractivity contribution is 5.89. The van der Waals surface area contributed by atoms with Crippen LogP contribution in [0.5, 0.6) is 5.75 Å². The van der Waals surface area contributed by atoms with Crippen LogP contribution in [-0.4, -0.2) is 25.3 Å². The summed E-state index contributed by atoms with van der Waals surface area (Å²) in [5.74, 6) is -0.223. The van der Waals surface area contributed by atoms with Crippen LogP contribution in [0.25, 0.3) is 0 Å². The number of aromatic hydroxyl groups is 1. The molecule has 5 nitrogen and oxygen atoms in total. The van der Waals surface area contributed by atoms with Gasteiger partial charge in [-0.1, -0.05) is 12.1 Å². The number of hydroxylamine groups is 1. The summed E-state index contributed by atoms with van der Waals surface area (Å²) in [6, 6.07) is 6.64. The number of methoxy groups -OCH3 is 1. The molecule has 18 heavy (non-hydrogen) atoms. The Morgan fingerprint density at radius 3 is 2.39 bits per heavy atom. The molecule has 0 spiro atoms. The molecule has 1 rings (SSSR count). The second-order valence-corrected chi connectivity index (χ2v) is 3.74. The van der Waals surface area contributed by atoms with Crippen molar-refractivity contribution in [3.05, 3.63) is 41.1 Å². The molecule has 0 aliphatic carbocycles. The van der Waals surface area contributed by atoms with Crippen molar-refractivity contribution in [1.29, 1.82) is 0 Å². The number of carbonyl (C=O) groups excluding carboxylic acids is 1. The summed E-state index contributed by atoms with van der Waals surface area (Å²) in [5.41, 5.74) is 4.59. The predicted octanol–water partition coefficient (Wildman–Crippen LogP) is 1.53. The summed E-state index contributed by atoms with van der Waals surface area (Å²) < 4.78 is 4.73. The number of allylic oxidation sites excluding steroid dienone is 1. The number of phenolic OH excluding ortho intramolecular Hbond substituents is 1. The van der Waals surface area contributed by atoms with E-state index >= 15 is 0 Å². The number of phenols is 1. The van der Waals surface area contributed by atoms with Gasteiger partial charge in [-0.25, -0.2) is 4.79 Å². The van der Waals surface area contributed by atoms with E-state index in [4.69, 9.17) is 9.57 Å². The lowest BCUT2D eigenvalue weighted by molar-refractivity contribution is -0.136. The molecule has 0 amide bonds. The van der Waals surface area contributed by atoms with E-state index in [-0.39, 0.29) is 5.75 Å². The number of hydrogen-bond acceptors (Lipinski definition) is 5. The van der Waals surface area contributed by atoms with Crippen molar-refractivity contribution in [3.8, 4) is 5.75 Å². The van der Waals surface area contributed by atoms with Crippen LogP contribution in [0.1, 0.15) is 12.5 Å². The molecule has 0 atom stereocenters. The van der Waals surface area contributed by atoms with E-state index < -0.39 is 5.97 Å². The first-order valence-corrected chi connectivity index (χ1v) is 5.43. The average Bonchev–Trinajstić information content (AvgIpc) is 2.37. The van der Waals surface area contributed by atoms with Crippen molar-refractivity contribution in [3.63, 3.8) is 0 Å². The maximum atomic E-state index is 11.7. The zero-order valence-corrected chi connectivity index (χ0v) is 10.7. The van der Waals surface area contributed by atoms with Gasteiger partial charge in [-0.05, 0) is 24.6 Å². The number of esters is 1. The lowest BCUT2D eigenvalue weighted by atomic mass is 10.0. The number of hydrogen-bond donors (Lipinski definition) is 2. The third-order valence-corrected chi connectivity index (χ3v) is 2.46. The fraction of sp³-hybridized carbons (Fsp3) is 0.308. The first-order valence-electron chi connectivity index (χ1n) is 5.43. The first kappa shape index (κ1) is 14.1. The molecule has 0 radical (unpaired) electrons. The molecular formula is C13H17NO4. The van der Waals surface area contributed by atoms with Crippen molar-refractivity contribution < 1.29 is 19.5 Å².